The minimum Gasteiger partial charge on any atom is -0.456 e. The highest BCUT2D eigenvalue weighted by Crippen LogP contribution is 2.47. The van der Waals surface area contributed by atoms with Crippen molar-refractivity contribution < 1.29 is 19.1 Å². The SMILES string of the molecule is CC1=C(N2CC[C@]3(CC[C@@H](N(CC(N)=O)Cc4ccc(-n5cnnn5)nc4)CC3)C2=O)COC1=O. The Morgan fingerprint density at radius 2 is 2.06 bits per heavy atom. The van der Waals surface area contributed by atoms with Crippen molar-refractivity contribution in [2.45, 2.75) is 51.6 Å². The molecule has 12 heteroatoms. The van der Waals surface area contributed by atoms with E-state index in [4.69, 9.17) is 10.5 Å². The van der Waals surface area contributed by atoms with E-state index in [9.17, 15) is 14.4 Å². The monoisotopic (exact) mass is 480 g/mol. The number of primary amides is 1. The summed E-state index contributed by atoms with van der Waals surface area (Å²) in [6.45, 7) is 3.15. The Labute approximate surface area is 202 Å². The number of amides is 2. The third-order valence-corrected chi connectivity index (χ3v) is 7.48. The van der Waals surface area contributed by atoms with E-state index in [0.717, 1.165) is 37.7 Å². The Bertz CT molecular complexity index is 1150. The maximum atomic E-state index is 13.4. The van der Waals surface area contributed by atoms with Crippen LogP contribution in [-0.2, 0) is 25.7 Å². The van der Waals surface area contributed by atoms with Gasteiger partial charge < -0.3 is 15.4 Å². The normalized spacial score (nSPS) is 24.6. The topological polar surface area (TPSA) is 149 Å². The summed E-state index contributed by atoms with van der Waals surface area (Å²) in [6.07, 6.45) is 7.03. The van der Waals surface area contributed by atoms with Crippen molar-refractivity contribution in [3.05, 3.63) is 41.5 Å². The fourth-order valence-electron chi connectivity index (χ4n) is 5.47. The van der Waals surface area contributed by atoms with Crippen LogP contribution >= 0.6 is 0 Å². The molecule has 2 aliphatic heterocycles. The zero-order valence-corrected chi connectivity index (χ0v) is 19.6. The fourth-order valence-corrected chi connectivity index (χ4v) is 5.47. The highest BCUT2D eigenvalue weighted by atomic mass is 16.5. The first-order valence-electron chi connectivity index (χ1n) is 11.8. The summed E-state index contributed by atoms with van der Waals surface area (Å²) >= 11 is 0. The number of carbonyl (C=O) groups is 3. The molecule has 4 heterocycles. The molecule has 2 aromatic rings. The minimum atomic E-state index is -0.414. The van der Waals surface area contributed by atoms with Gasteiger partial charge in [0.15, 0.2) is 5.82 Å². The average molecular weight is 481 g/mol. The van der Waals surface area contributed by atoms with Gasteiger partial charge in [-0.25, -0.2) is 9.78 Å². The Balaban J connectivity index is 1.25. The minimum absolute atomic E-state index is 0.0902. The van der Waals surface area contributed by atoms with E-state index in [1.807, 2.05) is 12.1 Å². The van der Waals surface area contributed by atoms with Gasteiger partial charge in [-0.15, -0.1) is 5.10 Å². The van der Waals surface area contributed by atoms with E-state index >= 15 is 0 Å². The summed E-state index contributed by atoms with van der Waals surface area (Å²) in [4.78, 5) is 45.3. The number of ether oxygens (including phenoxy) is 1. The van der Waals surface area contributed by atoms with Crippen LogP contribution in [0.5, 0.6) is 0 Å². The summed E-state index contributed by atoms with van der Waals surface area (Å²) in [7, 11) is 0. The molecule has 2 fully saturated rings. The predicted octanol–water partition coefficient (Wildman–Crippen LogP) is 0.337. The molecule has 5 rings (SSSR count). The van der Waals surface area contributed by atoms with E-state index in [-0.39, 0.29) is 37.0 Å². The molecule has 0 atom stereocenters. The lowest BCUT2D eigenvalue weighted by atomic mass is 9.71. The van der Waals surface area contributed by atoms with Gasteiger partial charge in [0.25, 0.3) is 0 Å². The lowest BCUT2D eigenvalue weighted by molar-refractivity contribution is -0.138. The summed E-state index contributed by atoms with van der Waals surface area (Å²) in [6, 6.07) is 3.89. The Morgan fingerprint density at radius 3 is 2.66 bits per heavy atom. The largest absolute Gasteiger partial charge is 0.456 e. The predicted molar refractivity (Wildman–Crippen MR) is 121 cm³/mol. The number of esters is 1. The first-order chi connectivity index (χ1) is 16.9. The van der Waals surface area contributed by atoms with E-state index in [1.54, 1.807) is 18.0 Å². The standard InChI is InChI=1S/C23H28N8O4/c1-15-18(13-35-21(15)33)30-9-8-23(22(30)34)6-4-17(5-7-23)29(12-19(24)32)11-16-2-3-20(25-10-16)31-14-26-27-28-31/h2-3,10,14,17H,4-9,11-13H2,1H3,(H2,24,32)/t17-,23-. The quantitative estimate of drug-likeness (QED) is 0.553. The van der Waals surface area contributed by atoms with Crippen molar-refractivity contribution in [3.63, 3.8) is 0 Å². The van der Waals surface area contributed by atoms with Crippen LogP contribution in [0.3, 0.4) is 0 Å². The van der Waals surface area contributed by atoms with Gasteiger partial charge in [0.2, 0.25) is 11.8 Å². The molecule has 184 valence electrons. The number of rotatable bonds is 7. The number of likely N-dealkylation sites (tertiary alicyclic amines) is 1. The first-order valence-corrected chi connectivity index (χ1v) is 11.8. The molecule has 2 N–H and O–H groups in total. The molecule has 35 heavy (non-hydrogen) atoms. The van der Waals surface area contributed by atoms with Crippen molar-refractivity contribution in [2.24, 2.45) is 11.1 Å². The molecular weight excluding hydrogens is 452 g/mol. The van der Waals surface area contributed by atoms with E-state index in [1.165, 1.54) is 11.0 Å². The molecule has 2 amide bonds. The molecular formula is C23H28N8O4. The molecule has 1 saturated heterocycles. The average Bonchev–Trinajstić information content (AvgIpc) is 3.57. The Hall–Kier alpha value is -3.67. The molecule has 1 saturated carbocycles. The molecule has 0 unspecified atom stereocenters. The van der Waals surface area contributed by atoms with Crippen LogP contribution in [0.2, 0.25) is 0 Å². The van der Waals surface area contributed by atoms with Crippen LogP contribution in [0.15, 0.2) is 35.9 Å². The highest BCUT2D eigenvalue weighted by Gasteiger charge is 2.50. The number of nitrogens with zero attached hydrogens (tertiary/aromatic N) is 7. The number of pyridine rings is 1. The number of tetrazole rings is 1. The molecule has 1 spiro atoms. The van der Waals surface area contributed by atoms with Crippen LogP contribution < -0.4 is 5.73 Å². The van der Waals surface area contributed by atoms with Crippen molar-refractivity contribution in [3.8, 4) is 5.82 Å². The van der Waals surface area contributed by atoms with E-state index < -0.39 is 5.41 Å². The maximum Gasteiger partial charge on any atom is 0.336 e. The second kappa shape index (κ2) is 9.17. The fraction of sp³-hybridized carbons (Fsp3) is 0.522. The van der Waals surface area contributed by atoms with Gasteiger partial charge in [0.05, 0.1) is 23.2 Å². The molecule has 0 aromatic carbocycles. The number of carbonyl (C=O) groups excluding carboxylic acids is 3. The number of hydrogen-bond acceptors (Lipinski definition) is 9. The zero-order valence-electron chi connectivity index (χ0n) is 19.6. The maximum absolute atomic E-state index is 13.4. The number of aromatic nitrogens is 5. The van der Waals surface area contributed by atoms with Gasteiger partial charge in [-0.2, -0.15) is 4.68 Å². The summed E-state index contributed by atoms with van der Waals surface area (Å²) in [5.41, 5.74) is 7.32. The zero-order chi connectivity index (χ0) is 24.6. The summed E-state index contributed by atoms with van der Waals surface area (Å²) < 4.78 is 6.58. The Kier molecular flexibility index (Phi) is 6.05. The van der Waals surface area contributed by atoms with Gasteiger partial charge in [0.1, 0.15) is 12.9 Å². The van der Waals surface area contributed by atoms with E-state index in [2.05, 4.69) is 25.4 Å². The number of hydrogen-bond donors (Lipinski definition) is 1. The molecule has 0 radical (unpaired) electrons. The van der Waals surface area contributed by atoms with E-state index in [0.29, 0.717) is 30.2 Å². The van der Waals surface area contributed by atoms with Gasteiger partial charge >= 0.3 is 5.97 Å². The third kappa shape index (κ3) is 4.41. The van der Waals surface area contributed by atoms with Crippen molar-refractivity contribution in [1.29, 1.82) is 0 Å². The van der Waals surface area contributed by atoms with Crippen LogP contribution in [0.1, 0.15) is 44.6 Å². The van der Waals surface area contributed by atoms with Crippen LogP contribution in [-0.4, -0.2) is 78.5 Å². The second-order valence-electron chi connectivity index (χ2n) is 9.52. The van der Waals surface area contributed by atoms with Crippen molar-refractivity contribution >= 4 is 17.8 Å². The third-order valence-electron chi connectivity index (χ3n) is 7.48. The molecule has 0 bridgehead atoms. The number of nitrogens with two attached hydrogens (primary N) is 1. The van der Waals surface area contributed by atoms with Crippen molar-refractivity contribution in [2.75, 3.05) is 19.7 Å². The molecule has 1 aliphatic carbocycles. The number of cyclic esters (lactones) is 1. The molecule has 12 nitrogen and oxygen atoms in total. The van der Waals surface area contributed by atoms with Gasteiger partial charge in [0, 0.05) is 25.3 Å². The van der Waals surface area contributed by atoms with Crippen LogP contribution in [0, 0.1) is 5.41 Å². The first kappa shape index (κ1) is 23.1. The van der Waals surface area contributed by atoms with Crippen LogP contribution in [0.4, 0.5) is 0 Å². The van der Waals surface area contributed by atoms with Crippen LogP contribution in [0.25, 0.3) is 5.82 Å². The lowest BCUT2D eigenvalue weighted by Crippen LogP contribution is -2.46. The second-order valence-corrected chi connectivity index (χ2v) is 9.52. The molecule has 2 aromatic heterocycles. The highest BCUT2D eigenvalue weighted by molar-refractivity contribution is 5.94. The smallest absolute Gasteiger partial charge is 0.336 e. The van der Waals surface area contributed by atoms with Gasteiger partial charge in [-0.3, -0.25) is 14.5 Å². The Morgan fingerprint density at radius 1 is 1.26 bits per heavy atom. The molecule has 3 aliphatic rings. The van der Waals surface area contributed by atoms with Gasteiger partial charge in [-0.1, -0.05) is 6.07 Å². The van der Waals surface area contributed by atoms with Crippen molar-refractivity contribution in [1.82, 2.24) is 35.0 Å². The van der Waals surface area contributed by atoms with Gasteiger partial charge in [-0.05, 0) is 61.1 Å². The summed E-state index contributed by atoms with van der Waals surface area (Å²) in [5.74, 6) is -0.0451. The summed E-state index contributed by atoms with van der Waals surface area (Å²) in [5, 5.41) is 11.1. The lowest BCUT2D eigenvalue weighted by Gasteiger charge is -2.40.